The number of rotatable bonds is 11. The number of Topliss-reactive ketones (excluding diaryl/α,β-unsaturated/α-hetero) is 1. The first-order chi connectivity index (χ1) is 22.2. The molecule has 3 unspecified atom stereocenters. The van der Waals surface area contributed by atoms with E-state index in [4.69, 9.17) is 29.4 Å². The van der Waals surface area contributed by atoms with Gasteiger partial charge in [-0.3, -0.25) is 14.4 Å². The molecule has 1 fully saturated rings. The summed E-state index contributed by atoms with van der Waals surface area (Å²) in [7, 11) is 1.38. The van der Waals surface area contributed by atoms with Crippen molar-refractivity contribution in [2.24, 2.45) is 5.73 Å². The number of ketones is 3. The number of benzene rings is 2. The summed E-state index contributed by atoms with van der Waals surface area (Å²) < 4.78 is 29.7. The first-order valence-corrected chi connectivity index (χ1v) is 15.7. The van der Waals surface area contributed by atoms with Crippen molar-refractivity contribution in [1.29, 1.82) is 0 Å². The van der Waals surface area contributed by atoms with E-state index in [0.29, 0.717) is 0 Å². The lowest BCUT2D eigenvalue weighted by atomic mass is 9.72. The van der Waals surface area contributed by atoms with Gasteiger partial charge in [0, 0.05) is 48.4 Å². The summed E-state index contributed by atoms with van der Waals surface area (Å²) in [6, 6.07) is 5.43. The molecule has 256 valence electrons. The minimum absolute atomic E-state index is 0.0315. The highest BCUT2D eigenvalue weighted by molar-refractivity contribution is 6.30. The van der Waals surface area contributed by atoms with Crippen molar-refractivity contribution >= 4 is 17.3 Å². The van der Waals surface area contributed by atoms with Crippen molar-refractivity contribution in [3.05, 3.63) is 57.6 Å². The first kappa shape index (κ1) is 35.0. The molecule has 0 spiro atoms. The number of aliphatic hydroxyl groups excluding tert-OH is 2. The monoisotopic (exact) mass is 657 g/mol. The molecule has 1 heterocycles. The van der Waals surface area contributed by atoms with Crippen molar-refractivity contribution in [2.45, 2.75) is 108 Å². The van der Waals surface area contributed by atoms with Gasteiger partial charge in [0.05, 0.1) is 49.3 Å². The molecule has 0 radical (unpaired) electrons. The van der Waals surface area contributed by atoms with E-state index in [1.54, 1.807) is 32.9 Å². The van der Waals surface area contributed by atoms with Crippen molar-refractivity contribution < 1.29 is 58.5 Å². The largest absolute Gasteiger partial charge is 0.507 e. The standard InChI is InChI=1S/C34H43NO12/c1-15(37)9-25(44-16(2)14-36)47-33-17(3)45-26(11-22(33)35)46-24-13-34(42,18(4)38)12-19-10-21-29(31(40)27(19)24)32(41)28-20(30(21)39)7-6-8-23(28)43-5/h6-8,10,15-17,22,24-26,33,36-37,40,42H,9,11-14,35H2,1-5H3/t15?,16?,17-,22-,24-,25?,26-,33+,34-/m0/s1. The van der Waals surface area contributed by atoms with E-state index < -0.39 is 77.8 Å². The van der Waals surface area contributed by atoms with Crippen LogP contribution in [0.2, 0.25) is 0 Å². The number of phenolic OH excluding ortho intramolecular Hbond substituents is 1. The predicted octanol–water partition coefficient (Wildman–Crippen LogP) is 1.84. The van der Waals surface area contributed by atoms with Gasteiger partial charge in [0.1, 0.15) is 23.2 Å². The summed E-state index contributed by atoms with van der Waals surface area (Å²) in [6.07, 6.45) is -5.85. The van der Waals surface area contributed by atoms with Crippen LogP contribution in [0.15, 0.2) is 24.3 Å². The van der Waals surface area contributed by atoms with Gasteiger partial charge in [-0.15, -0.1) is 0 Å². The zero-order valence-electron chi connectivity index (χ0n) is 27.1. The highest BCUT2D eigenvalue weighted by atomic mass is 16.7. The van der Waals surface area contributed by atoms with Crippen molar-refractivity contribution in [2.75, 3.05) is 13.7 Å². The second-order valence-electron chi connectivity index (χ2n) is 12.8. The lowest BCUT2D eigenvalue weighted by Crippen LogP contribution is -2.55. The first-order valence-electron chi connectivity index (χ1n) is 15.7. The zero-order valence-corrected chi connectivity index (χ0v) is 27.1. The topological polar surface area (TPSA) is 204 Å². The van der Waals surface area contributed by atoms with Crippen molar-refractivity contribution in [1.82, 2.24) is 0 Å². The predicted molar refractivity (Wildman–Crippen MR) is 165 cm³/mol. The SMILES string of the molecule is COc1cccc2c1C(=O)c1c(cc3c(c1O)[C@@H](O[C@H]1C[C@H](N)[C@H](OC(CC(C)O)OC(C)CO)[C@H](C)O1)C[C@](O)(C(C)=O)C3)C2=O. The number of ether oxygens (including phenoxy) is 5. The summed E-state index contributed by atoms with van der Waals surface area (Å²) in [4.78, 5) is 40.1. The third-order valence-corrected chi connectivity index (χ3v) is 9.11. The molecule has 2 aliphatic carbocycles. The highest BCUT2D eigenvalue weighted by Crippen LogP contribution is 2.48. The van der Waals surface area contributed by atoms with E-state index in [-0.39, 0.29) is 71.4 Å². The molecular formula is C34H43NO12. The number of carbonyl (C=O) groups excluding carboxylic acids is 3. The zero-order chi connectivity index (χ0) is 34.4. The number of fused-ring (bicyclic) bond motifs is 3. The Kier molecular flexibility index (Phi) is 10.2. The van der Waals surface area contributed by atoms with Gasteiger partial charge in [-0.2, -0.15) is 0 Å². The third kappa shape index (κ3) is 6.72. The minimum atomic E-state index is -1.88. The number of hydrogen-bond acceptors (Lipinski definition) is 13. The summed E-state index contributed by atoms with van der Waals surface area (Å²) in [5.41, 5.74) is 4.99. The van der Waals surface area contributed by atoms with Crippen LogP contribution >= 0.6 is 0 Å². The average Bonchev–Trinajstić information content (AvgIpc) is 3.00. The molecule has 6 N–H and O–H groups in total. The fraction of sp³-hybridized carbons (Fsp3) is 0.559. The number of aliphatic hydroxyl groups is 3. The van der Waals surface area contributed by atoms with Crippen LogP contribution in [0, 0.1) is 0 Å². The van der Waals surface area contributed by atoms with Gasteiger partial charge < -0.3 is 49.8 Å². The van der Waals surface area contributed by atoms with Gasteiger partial charge >= 0.3 is 0 Å². The van der Waals surface area contributed by atoms with Crippen LogP contribution in [0.1, 0.15) is 96.0 Å². The van der Waals surface area contributed by atoms with Crippen LogP contribution in [-0.4, -0.2) is 100 Å². The lowest BCUT2D eigenvalue weighted by Gasteiger charge is -2.43. The van der Waals surface area contributed by atoms with E-state index in [9.17, 15) is 34.8 Å². The van der Waals surface area contributed by atoms with Gasteiger partial charge in [-0.25, -0.2) is 0 Å². The van der Waals surface area contributed by atoms with Crippen LogP contribution in [-0.2, 0) is 30.2 Å². The Hall–Kier alpha value is -3.27. The summed E-state index contributed by atoms with van der Waals surface area (Å²) in [6.45, 7) is 5.97. The molecule has 13 nitrogen and oxygen atoms in total. The Labute approximate surface area is 272 Å². The van der Waals surface area contributed by atoms with Crippen molar-refractivity contribution in [3.63, 3.8) is 0 Å². The molecule has 1 aliphatic heterocycles. The Morgan fingerprint density at radius 1 is 1.17 bits per heavy atom. The molecule has 1 saturated heterocycles. The fourth-order valence-electron chi connectivity index (χ4n) is 6.69. The third-order valence-electron chi connectivity index (χ3n) is 9.11. The molecule has 13 heteroatoms. The van der Waals surface area contributed by atoms with Crippen LogP contribution < -0.4 is 10.5 Å². The quantitative estimate of drug-likeness (QED) is 0.187. The van der Waals surface area contributed by atoms with Gasteiger partial charge in [0.25, 0.3) is 0 Å². The Morgan fingerprint density at radius 3 is 2.51 bits per heavy atom. The molecule has 2 aromatic carbocycles. The maximum atomic E-state index is 13.8. The van der Waals surface area contributed by atoms with E-state index in [2.05, 4.69) is 0 Å². The maximum absolute atomic E-state index is 13.8. The molecule has 47 heavy (non-hydrogen) atoms. The van der Waals surface area contributed by atoms with Crippen LogP contribution in [0.3, 0.4) is 0 Å². The molecule has 0 aromatic heterocycles. The molecule has 0 bridgehead atoms. The number of aromatic hydroxyl groups is 1. The normalized spacial score (nSPS) is 28.9. The summed E-state index contributed by atoms with van der Waals surface area (Å²) >= 11 is 0. The van der Waals surface area contributed by atoms with Gasteiger partial charge in [-0.1, -0.05) is 12.1 Å². The Bertz CT molecular complexity index is 1530. The molecular weight excluding hydrogens is 614 g/mol. The second kappa shape index (κ2) is 13.7. The van der Waals surface area contributed by atoms with Crippen molar-refractivity contribution in [3.8, 4) is 11.5 Å². The highest BCUT2D eigenvalue weighted by Gasteiger charge is 2.48. The van der Waals surface area contributed by atoms with E-state index >= 15 is 0 Å². The van der Waals surface area contributed by atoms with Crippen LogP contribution in [0.5, 0.6) is 11.5 Å². The Morgan fingerprint density at radius 2 is 1.89 bits per heavy atom. The second-order valence-corrected chi connectivity index (χ2v) is 12.8. The number of hydrogen-bond donors (Lipinski definition) is 5. The molecule has 3 aliphatic rings. The smallest absolute Gasteiger partial charge is 0.201 e. The fourth-order valence-corrected chi connectivity index (χ4v) is 6.69. The summed E-state index contributed by atoms with van der Waals surface area (Å²) in [5.74, 6) is -1.94. The van der Waals surface area contributed by atoms with Gasteiger partial charge in [0.2, 0.25) is 5.78 Å². The number of methoxy groups -OCH3 is 1. The molecule has 2 aromatic rings. The number of nitrogens with two attached hydrogens (primary N) is 1. The molecule has 9 atom stereocenters. The summed E-state index contributed by atoms with van der Waals surface area (Å²) in [5, 5.41) is 42.5. The van der Waals surface area contributed by atoms with E-state index in [1.165, 1.54) is 26.2 Å². The molecule has 0 saturated carbocycles. The molecule has 5 rings (SSSR count). The van der Waals surface area contributed by atoms with E-state index in [0.717, 1.165) is 0 Å². The Balaban J connectivity index is 1.45. The lowest BCUT2D eigenvalue weighted by molar-refractivity contribution is -0.285. The van der Waals surface area contributed by atoms with Crippen LogP contribution in [0.4, 0.5) is 0 Å². The molecule has 0 amide bonds. The van der Waals surface area contributed by atoms with E-state index in [1.807, 2.05) is 0 Å². The average molecular weight is 658 g/mol. The van der Waals surface area contributed by atoms with Gasteiger partial charge in [-0.05, 0) is 45.4 Å². The van der Waals surface area contributed by atoms with Gasteiger partial charge in [0.15, 0.2) is 24.1 Å². The number of carbonyl (C=O) groups is 3. The van der Waals surface area contributed by atoms with Crippen LogP contribution in [0.25, 0.3) is 0 Å². The minimum Gasteiger partial charge on any atom is -0.507 e. The number of phenols is 1. The maximum Gasteiger partial charge on any atom is 0.201 e.